The fourth-order valence-corrected chi connectivity index (χ4v) is 2.12. The van der Waals surface area contributed by atoms with Crippen molar-refractivity contribution >= 4 is 33.3 Å². The van der Waals surface area contributed by atoms with Gasteiger partial charge < -0.3 is 9.84 Å². The number of hydrogen-bond donors (Lipinski definition) is 2. The van der Waals surface area contributed by atoms with Gasteiger partial charge in [-0.05, 0) is 13.0 Å². The Bertz CT molecular complexity index is 570. The second-order valence-electron chi connectivity index (χ2n) is 3.34. The molecular weight excluding hydrogens is 282 g/mol. The Morgan fingerprint density at radius 2 is 2.11 bits per heavy atom. The molecule has 100 valence electrons. The molecule has 0 radical (unpaired) electrons. The molecule has 0 aliphatic carbocycles. The first kappa shape index (κ1) is 14.6. The van der Waals surface area contributed by atoms with Crippen LogP contribution in [0.25, 0.3) is 0 Å². The molecule has 0 saturated heterocycles. The molecule has 0 heterocycles. The molecule has 2 N–H and O–H groups in total. The van der Waals surface area contributed by atoms with Crippen LogP contribution in [0.4, 0.5) is 5.69 Å². The van der Waals surface area contributed by atoms with E-state index in [9.17, 15) is 13.2 Å². The third-order valence-electron chi connectivity index (χ3n) is 2.17. The molecule has 8 heteroatoms. The van der Waals surface area contributed by atoms with Crippen LogP contribution in [-0.4, -0.2) is 32.4 Å². The van der Waals surface area contributed by atoms with E-state index in [4.69, 9.17) is 21.4 Å². The SMILES string of the molecule is CCS(=O)(=O)Nc1cc(OC)c(C(=O)O)cc1Cl. The summed E-state index contributed by atoms with van der Waals surface area (Å²) in [6.45, 7) is 1.47. The number of carbonyl (C=O) groups is 1. The highest BCUT2D eigenvalue weighted by molar-refractivity contribution is 7.92. The number of methoxy groups -OCH3 is 1. The minimum Gasteiger partial charge on any atom is -0.496 e. The van der Waals surface area contributed by atoms with Crippen molar-refractivity contribution in [3.63, 3.8) is 0 Å². The van der Waals surface area contributed by atoms with Crippen molar-refractivity contribution in [2.24, 2.45) is 0 Å². The van der Waals surface area contributed by atoms with Crippen molar-refractivity contribution < 1.29 is 23.1 Å². The van der Waals surface area contributed by atoms with Crippen molar-refractivity contribution in [3.8, 4) is 5.75 Å². The van der Waals surface area contributed by atoms with Gasteiger partial charge in [0.2, 0.25) is 10.0 Å². The maximum Gasteiger partial charge on any atom is 0.339 e. The van der Waals surface area contributed by atoms with Crippen molar-refractivity contribution in [1.82, 2.24) is 0 Å². The smallest absolute Gasteiger partial charge is 0.339 e. The van der Waals surface area contributed by atoms with Crippen LogP contribution in [-0.2, 0) is 10.0 Å². The first-order valence-electron chi connectivity index (χ1n) is 4.92. The highest BCUT2D eigenvalue weighted by atomic mass is 35.5. The average Bonchev–Trinajstić information content (AvgIpc) is 2.30. The highest BCUT2D eigenvalue weighted by Crippen LogP contribution is 2.31. The van der Waals surface area contributed by atoms with Crippen LogP contribution in [0, 0.1) is 0 Å². The van der Waals surface area contributed by atoms with Gasteiger partial charge in [0.15, 0.2) is 0 Å². The second-order valence-corrected chi connectivity index (χ2v) is 5.76. The van der Waals surface area contributed by atoms with Crippen LogP contribution in [0.5, 0.6) is 5.75 Å². The maximum atomic E-state index is 11.4. The number of ether oxygens (including phenoxy) is 1. The minimum atomic E-state index is -3.49. The van der Waals surface area contributed by atoms with E-state index in [1.807, 2.05) is 0 Å². The van der Waals surface area contributed by atoms with Gasteiger partial charge in [-0.1, -0.05) is 11.6 Å². The number of nitrogens with one attached hydrogen (secondary N) is 1. The number of carboxylic acid groups (broad SMARTS) is 1. The molecule has 0 saturated carbocycles. The van der Waals surface area contributed by atoms with E-state index < -0.39 is 16.0 Å². The van der Waals surface area contributed by atoms with Gasteiger partial charge in [-0.25, -0.2) is 13.2 Å². The van der Waals surface area contributed by atoms with Crippen LogP contribution < -0.4 is 9.46 Å². The van der Waals surface area contributed by atoms with Crippen LogP contribution in [0.1, 0.15) is 17.3 Å². The standard InChI is InChI=1S/C10H12ClNO5S/c1-3-18(15,16)12-8-5-9(17-2)6(10(13)14)4-7(8)11/h4-5,12H,3H2,1-2H3,(H,13,14). The summed E-state index contributed by atoms with van der Waals surface area (Å²) in [7, 11) is -2.21. The Labute approximate surface area is 110 Å². The minimum absolute atomic E-state index is 0.00905. The molecule has 0 atom stereocenters. The van der Waals surface area contributed by atoms with Crippen LogP contribution in [0.2, 0.25) is 5.02 Å². The summed E-state index contributed by atoms with van der Waals surface area (Å²) in [5.74, 6) is -1.30. The molecule has 6 nitrogen and oxygen atoms in total. The Hall–Kier alpha value is -1.47. The van der Waals surface area contributed by atoms with Crippen LogP contribution in [0.15, 0.2) is 12.1 Å². The molecule has 0 fully saturated rings. The lowest BCUT2D eigenvalue weighted by atomic mass is 10.2. The number of benzene rings is 1. The number of rotatable bonds is 5. The molecule has 18 heavy (non-hydrogen) atoms. The average molecular weight is 294 g/mol. The summed E-state index contributed by atoms with van der Waals surface area (Å²) in [5, 5.41) is 8.90. The highest BCUT2D eigenvalue weighted by Gasteiger charge is 2.17. The summed E-state index contributed by atoms with van der Waals surface area (Å²) in [6, 6.07) is 2.37. The topological polar surface area (TPSA) is 92.7 Å². The van der Waals surface area contributed by atoms with Crippen molar-refractivity contribution in [3.05, 3.63) is 22.7 Å². The molecule has 1 aromatic carbocycles. The number of carboxylic acids is 1. The Morgan fingerprint density at radius 3 is 2.56 bits per heavy atom. The van der Waals surface area contributed by atoms with Gasteiger partial charge >= 0.3 is 5.97 Å². The third-order valence-corrected chi connectivity index (χ3v) is 3.77. The third kappa shape index (κ3) is 3.27. The van der Waals surface area contributed by atoms with E-state index in [1.165, 1.54) is 20.1 Å². The first-order valence-corrected chi connectivity index (χ1v) is 6.95. The van der Waals surface area contributed by atoms with Gasteiger partial charge in [-0.2, -0.15) is 0 Å². The Kier molecular flexibility index (Phi) is 4.42. The Balaban J connectivity index is 3.28. The van der Waals surface area contributed by atoms with Crippen molar-refractivity contribution in [1.29, 1.82) is 0 Å². The van der Waals surface area contributed by atoms with E-state index >= 15 is 0 Å². The maximum absolute atomic E-state index is 11.4. The zero-order valence-corrected chi connectivity index (χ0v) is 11.3. The molecular formula is C10H12ClNO5S. The molecule has 0 spiro atoms. The summed E-state index contributed by atoms with van der Waals surface area (Å²) in [5.41, 5.74) is -0.0534. The van der Waals surface area contributed by atoms with Gasteiger partial charge in [0.25, 0.3) is 0 Å². The predicted octanol–water partition coefficient (Wildman–Crippen LogP) is 1.81. The van der Waals surface area contributed by atoms with E-state index in [-0.39, 0.29) is 27.8 Å². The number of halogens is 1. The van der Waals surface area contributed by atoms with Gasteiger partial charge in [0.05, 0.1) is 23.6 Å². The molecule has 0 bridgehead atoms. The molecule has 0 amide bonds. The van der Waals surface area contributed by atoms with E-state index in [0.29, 0.717) is 0 Å². The number of sulfonamides is 1. The molecule has 1 rings (SSSR count). The zero-order chi connectivity index (χ0) is 13.9. The van der Waals surface area contributed by atoms with Gasteiger partial charge in [0, 0.05) is 6.07 Å². The predicted molar refractivity (Wildman–Crippen MR) is 68.0 cm³/mol. The molecule has 0 aliphatic rings. The quantitative estimate of drug-likeness (QED) is 0.863. The monoisotopic (exact) mass is 293 g/mol. The lowest BCUT2D eigenvalue weighted by molar-refractivity contribution is 0.0693. The number of hydrogen-bond acceptors (Lipinski definition) is 4. The normalized spacial score (nSPS) is 11.1. The lowest BCUT2D eigenvalue weighted by Gasteiger charge is -2.11. The summed E-state index contributed by atoms with van der Waals surface area (Å²) < 4.78 is 29.9. The van der Waals surface area contributed by atoms with E-state index in [1.54, 1.807) is 0 Å². The van der Waals surface area contributed by atoms with Crippen molar-refractivity contribution in [2.75, 3.05) is 17.6 Å². The van der Waals surface area contributed by atoms with Gasteiger partial charge in [0.1, 0.15) is 11.3 Å². The van der Waals surface area contributed by atoms with Crippen molar-refractivity contribution in [2.45, 2.75) is 6.92 Å². The zero-order valence-electron chi connectivity index (χ0n) is 9.73. The van der Waals surface area contributed by atoms with E-state index in [0.717, 1.165) is 6.07 Å². The Morgan fingerprint density at radius 1 is 1.50 bits per heavy atom. The first-order chi connectivity index (χ1) is 8.30. The summed E-state index contributed by atoms with van der Waals surface area (Å²) in [6.07, 6.45) is 0. The second kappa shape index (κ2) is 5.45. The molecule has 0 unspecified atom stereocenters. The van der Waals surface area contributed by atoms with Gasteiger partial charge in [-0.3, -0.25) is 4.72 Å². The van der Waals surface area contributed by atoms with E-state index in [2.05, 4.69) is 4.72 Å². The molecule has 1 aromatic rings. The fraction of sp³-hybridized carbons (Fsp3) is 0.300. The number of aromatic carboxylic acids is 1. The van der Waals surface area contributed by atoms with Crippen LogP contribution in [0.3, 0.4) is 0 Å². The lowest BCUT2D eigenvalue weighted by Crippen LogP contribution is -2.15. The summed E-state index contributed by atoms with van der Waals surface area (Å²) in [4.78, 5) is 10.9. The molecule has 0 aromatic heterocycles. The largest absolute Gasteiger partial charge is 0.496 e. The number of anilines is 1. The van der Waals surface area contributed by atoms with Crippen LogP contribution >= 0.6 is 11.6 Å². The summed E-state index contributed by atoms with van der Waals surface area (Å²) >= 11 is 5.82. The fourth-order valence-electron chi connectivity index (χ4n) is 1.21. The molecule has 0 aliphatic heterocycles. The van der Waals surface area contributed by atoms with Gasteiger partial charge in [-0.15, -0.1) is 0 Å².